The molecule has 24 heavy (non-hydrogen) atoms. The topological polar surface area (TPSA) is 83.3 Å². The number of nitrogens with one attached hydrogen (secondary N) is 2. The lowest BCUT2D eigenvalue weighted by Gasteiger charge is -2.31. The van der Waals surface area contributed by atoms with Crippen LogP contribution in [0.5, 0.6) is 0 Å². The number of carbonyl (C=O) groups excluding carboxylic acids is 1. The molecule has 0 radical (unpaired) electrons. The number of hydrogen-bond acceptors (Lipinski definition) is 5. The summed E-state index contributed by atoms with van der Waals surface area (Å²) in [6, 6.07) is 5.53. The first-order chi connectivity index (χ1) is 11.6. The van der Waals surface area contributed by atoms with E-state index >= 15 is 0 Å². The van der Waals surface area contributed by atoms with E-state index in [1.165, 1.54) is 24.3 Å². The largest absolute Gasteiger partial charge is 0.424 e. The number of anilines is 1. The molecular formula is C16H20FN5O2. The van der Waals surface area contributed by atoms with Crippen LogP contribution in [0.2, 0.25) is 0 Å². The van der Waals surface area contributed by atoms with Gasteiger partial charge >= 0.3 is 6.03 Å². The summed E-state index contributed by atoms with van der Waals surface area (Å²) in [4.78, 5) is 14.2. The van der Waals surface area contributed by atoms with Crippen molar-refractivity contribution in [3.8, 4) is 0 Å². The van der Waals surface area contributed by atoms with E-state index < -0.39 is 0 Å². The van der Waals surface area contributed by atoms with Crippen molar-refractivity contribution in [2.24, 2.45) is 0 Å². The van der Waals surface area contributed by atoms with Gasteiger partial charge in [-0.25, -0.2) is 9.18 Å². The Morgan fingerprint density at radius 2 is 2.00 bits per heavy atom. The lowest BCUT2D eigenvalue weighted by molar-refractivity contribution is 0.176. The number of carbonyl (C=O) groups is 1. The highest BCUT2D eigenvalue weighted by Gasteiger charge is 2.22. The van der Waals surface area contributed by atoms with Gasteiger partial charge in [-0.1, -0.05) is 0 Å². The Bertz CT molecular complexity index is 680. The van der Waals surface area contributed by atoms with Crippen LogP contribution in [0.1, 0.15) is 24.6 Å². The van der Waals surface area contributed by atoms with Crippen molar-refractivity contribution in [3.63, 3.8) is 0 Å². The molecule has 1 aromatic carbocycles. The van der Waals surface area contributed by atoms with Gasteiger partial charge in [-0.05, 0) is 37.1 Å². The van der Waals surface area contributed by atoms with E-state index in [0.29, 0.717) is 24.0 Å². The maximum atomic E-state index is 12.8. The smallest absolute Gasteiger partial charge is 0.319 e. The zero-order valence-electron chi connectivity index (χ0n) is 13.5. The maximum Gasteiger partial charge on any atom is 0.319 e. The summed E-state index contributed by atoms with van der Waals surface area (Å²) >= 11 is 0. The fraction of sp³-hybridized carbons (Fsp3) is 0.438. The van der Waals surface area contributed by atoms with Crippen LogP contribution in [0, 0.1) is 12.7 Å². The molecule has 7 nitrogen and oxygen atoms in total. The number of rotatable bonds is 4. The lowest BCUT2D eigenvalue weighted by atomic mass is 10.1. The van der Waals surface area contributed by atoms with Crippen LogP contribution in [-0.2, 0) is 6.54 Å². The van der Waals surface area contributed by atoms with E-state index in [9.17, 15) is 9.18 Å². The number of halogens is 1. The van der Waals surface area contributed by atoms with Crippen molar-refractivity contribution in [2.75, 3.05) is 18.4 Å². The Hall–Kier alpha value is -2.48. The third-order valence-corrected chi connectivity index (χ3v) is 3.95. The van der Waals surface area contributed by atoms with Gasteiger partial charge < -0.3 is 15.1 Å². The minimum atomic E-state index is -0.329. The third-order valence-electron chi connectivity index (χ3n) is 3.95. The molecule has 1 aromatic heterocycles. The second-order valence-corrected chi connectivity index (χ2v) is 5.87. The van der Waals surface area contributed by atoms with Gasteiger partial charge in [0, 0.05) is 31.7 Å². The highest BCUT2D eigenvalue weighted by Crippen LogP contribution is 2.14. The number of aromatic nitrogens is 2. The van der Waals surface area contributed by atoms with Gasteiger partial charge in [-0.2, -0.15) is 0 Å². The molecule has 0 atom stereocenters. The summed E-state index contributed by atoms with van der Waals surface area (Å²) in [5, 5.41) is 13.5. The number of urea groups is 1. The number of aryl methyl sites for hydroxylation is 1. The highest BCUT2D eigenvalue weighted by molar-refractivity contribution is 5.89. The van der Waals surface area contributed by atoms with Crippen molar-refractivity contribution < 1.29 is 13.6 Å². The Morgan fingerprint density at radius 3 is 2.62 bits per heavy atom. The van der Waals surface area contributed by atoms with Gasteiger partial charge in [-0.15, -0.1) is 10.2 Å². The first-order valence-corrected chi connectivity index (χ1v) is 7.93. The van der Waals surface area contributed by atoms with E-state index in [1.807, 2.05) is 0 Å². The number of amides is 2. The van der Waals surface area contributed by atoms with Gasteiger partial charge in [0.15, 0.2) is 0 Å². The number of nitrogens with zero attached hydrogens (tertiary/aromatic N) is 3. The van der Waals surface area contributed by atoms with Crippen molar-refractivity contribution in [1.29, 1.82) is 0 Å². The van der Waals surface area contributed by atoms with Gasteiger partial charge in [0.25, 0.3) is 0 Å². The minimum Gasteiger partial charge on any atom is -0.424 e. The van der Waals surface area contributed by atoms with E-state index in [4.69, 9.17) is 4.42 Å². The van der Waals surface area contributed by atoms with Gasteiger partial charge in [0.05, 0.1) is 6.54 Å². The highest BCUT2D eigenvalue weighted by atomic mass is 19.1. The monoisotopic (exact) mass is 333 g/mol. The number of likely N-dealkylation sites (tertiary alicyclic amines) is 1. The van der Waals surface area contributed by atoms with Crippen molar-refractivity contribution >= 4 is 11.7 Å². The van der Waals surface area contributed by atoms with Crippen LogP contribution in [0.3, 0.4) is 0 Å². The summed E-state index contributed by atoms with van der Waals surface area (Å²) in [7, 11) is 0. The van der Waals surface area contributed by atoms with Crippen molar-refractivity contribution in [3.05, 3.63) is 41.9 Å². The minimum absolute atomic E-state index is 0.117. The fourth-order valence-electron chi connectivity index (χ4n) is 2.71. The molecule has 0 saturated carbocycles. The molecule has 0 bridgehead atoms. The van der Waals surface area contributed by atoms with Gasteiger partial charge in [0.1, 0.15) is 5.82 Å². The Labute approximate surface area is 139 Å². The lowest BCUT2D eigenvalue weighted by Crippen LogP contribution is -2.45. The van der Waals surface area contributed by atoms with Gasteiger partial charge in [0.2, 0.25) is 11.8 Å². The molecule has 2 heterocycles. The van der Waals surface area contributed by atoms with E-state index in [2.05, 4.69) is 25.7 Å². The van der Waals surface area contributed by atoms with Crippen LogP contribution >= 0.6 is 0 Å². The first-order valence-electron chi connectivity index (χ1n) is 7.93. The van der Waals surface area contributed by atoms with Crippen LogP contribution in [0.4, 0.5) is 14.9 Å². The van der Waals surface area contributed by atoms with E-state index in [0.717, 1.165) is 25.9 Å². The summed E-state index contributed by atoms with van der Waals surface area (Å²) < 4.78 is 18.2. The number of benzene rings is 1. The normalized spacial score (nSPS) is 16.1. The molecule has 8 heteroatoms. The summed E-state index contributed by atoms with van der Waals surface area (Å²) in [6.07, 6.45) is 1.70. The van der Waals surface area contributed by atoms with Gasteiger partial charge in [-0.3, -0.25) is 4.90 Å². The molecule has 0 aliphatic carbocycles. The van der Waals surface area contributed by atoms with E-state index in [1.54, 1.807) is 6.92 Å². The molecule has 0 spiro atoms. The third kappa shape index (κ3) is 4.51. The Kier molecular flexibility index (Phi) is 5.05. The Morgan fingerprint density at radius 1 is 1.29 bits per heavy atom. The standard InChI is InChI=1S/C16H20FN5O2/c1-11-20-21-15(24-11)10-22-8-6-14(7-9-22)19-16(23)18-13-4-2-12(17)3-5-13/h2-5,14H,6-10H2,1H3,(H2,18,19,23). The first kappa shape index (κ1) is 16.4. The molecule has 2 N–H and O–H groups in total. The molecule has 1 fully saturated rings. The molecule has 1 saturated heterocycles. The molecular weight excluding hydrogens is 313 g/mol. The predicted octanol–water partition coefficient (Wildman–Crippen LogP) is 2.30. The average Bonchev–Trinajstić information content (AvgIpc) is 2.96. The summed E-state index contributed by atoms with van der Waals surface area (Å²) in [5.41, 5.74) is 0.568. The van der Waals surface area contributed by atoms with Crippen LogP contribution in [-0.4, -0.2) is 40.3 Å². The molecule has 3 rings (SSSR count). The molecule has 0 unspecified atom stereocenters. The Balaban J connectivity index is 1.41. The summed E-state index contributed by atoms with van der Waals surface area (Å²) in [5.74, 6) is 0.858. The maximum absolute atomic E-state index is 12.8. The SMILES string of the molecule is Cc1nnc(CN2CCC(NC(=O)Nc3ccc(F)cc3)CC2)o1. The number of hydrogen-bond donors (Lipinski definition) is 2. The zero-order chi connectivity index (χ0) is 16.9. The number of piperidine rings is 1. The van der Waals surface area contributed by atoms with Crippen molar-refractivity contribution in [2.45, 2.75) is 32.4 Å². The predicted molar refractivity (Wildman–Crippen MR) is 85.9 cm³/mol. The molecule has 128 valence electrons. The second-order valence-electron chi connectivity index (χ2n) is 5.87. The molecule has 2 aromatic rings. The van der Waals surface area contributed by atoms with Crippen LogP contribution in [0.15, 0.2) is 28.7 Å². The molecule has 1 aliphatic rings. The molecule has 1 aliphatic heterocycles. The average molecular weight is 333 g/mol. The van der Waals surface area contributed by atoms with Crippen LogP contribution < -0.4 is 10.6 Å². The second kappa shape index (κ2) is 7.39. The quantitative estimate of drug-likeness (QED) is 0.897. The van der Waals surface area contributed by atoms with Crippen molar-refractivity contribution in [1.82, 2.24) is 20.4 Å². The van der Waals surface area contributed by atoms with E-state index in [-0.39, 0.29) is 17.9 Å². The van der Waals surface area contributed by atoms with Crippen LogP contribution in [0.25, 0.3) is 0 Å². The summed E-state index contributed by atoms with van der Waals surface area (Å²) in [6.45, 7) is 4.10. The zero-order valence-corrected chi connectivity index (χ0v) is 13.5. The fourth-order valence-corrected chi connectivity index (χ4v) is 2.71. The molecule has 2 amide bonds.